The molecule has 6 rings (SSSR count). The molecule has 0 aliphatic heterocycles. The van der Waals surface area contributed by atoms with E-state index in [0.717, 1.165) is 29.8 Å². The highest BCUT2D eigenvalue weighted by atomic mass is 35.5. The number of carbonyl (C=O) groups excluding carboxylic acids is 2. The third kappa shape index (κ3) is 10.8. The van der Waals surface area contributed by atoms with E-state index in [1.165, 1.54) is 44.9 Å². The van der Waals surface area contributed by atoms with Crippen molar-refractivity contribution in [1.82, 2.24) is 35.3 Å². The van der Waals surface area contributed by atoms with Gasteiger partial charge in [0.05, 0.1) is 0 Å². The van der Waals surface area contributed by atoms with Crippen LogP contribution in [0, 0.1) is 18.3 Å². The molecule has 2 aliphatic rings. The van der Waals surface area contributed by atoms with E-state index < -0.39 is 0 Å². The van der Waals surface area contributed by atoms with Crippen LogP contribution in [0.1, 0.15) is 57.8 Å². The van der Waals surface area contributed by atoms with Crippen molar-refractivity contribution in [2.24, 2.45) is 5.92 Å². The van der Waals surface area contributed by atoms with Crippen LogP contribution in [0.5, 0.6) is 0 Å². The summed E-state index contributed by atoms with van der Waals surface area (Å²) in [6, 6.07) is 15.2. The van der Waals surface area contributed by atoms with Gasteiger partial charge in [-0.3, -0.25) is 14.7 Å². The lowest BCUT2D eigenvalue weighted by atomic mass is 10.0. The topological polar surface area (TPSA) is 118 Å². The van der Waals surface area contributed by atoms with Crippen molar-refractivity contribution in [2.45, 2.75) is 63.8 Å². The van der Waals surface area contributed by atoms with E-state index in [-0.39, 0.29) is 11.7 Å². The van der Waals surface area contributed by atoms with E-state index in [2.05, 4.69) is 30.6 Å². The quantitative estimate of drug-likeness (QED) is 0.167. The van der Waals surface area contributed by atoms with E-state index in [9.17, 15) is 9.59 Å². The average Bonchev–Trinajstić information content (AvgIpc) is 3.86. The summed E-state index contributed by atoms with van der Waals surface area (Å²) in [6.07, 6.45) is 21.3. The highest BCUT2D eigenvalue weighted by Gasteiger charge is 2.17. The Morgan fingerprint density at radius 2 is 1.64 bits per heavy atom. The molecule has 2 aromatic heterocycles. The van der Waals surface area contributed by atoms with Crippen LogP contribution in [-0.4, -0.2) is 47.7 Å². The van der Waals surface area contributed by atoms with Crippen LogP contribution in [0.2, 0.25) is 10.0 Å². The highest BCUT2D eigenvalue weighted by molar-refractivity contribution is 6.31. The summed E-state index contributed by atoms with van der Waals surface area (Å²) in [4.78, 5) is 30.8. The molecular weight excluding hydrogens is 597 g/mol. The first-order valence-corrected chi connectivity index (χ1v) is 15.4. The summed E-state index contributed by atoms with van der Waals surface area (Å²) >= 11 is 11.8. The number of carbonyl (C=O) groups is 2. The maximum absolute atomic E-state index is 11.9. The number of amides is 1. The molecule has 2 aliphatic carbocycles. The smallest absolute Gasteiger partial charge is 0.295 e. The van der Waals surface area contributed by atoms with Crippen LogP contribution >= 0.6 is 23.2 Å². The lowest BCUT2D eigenvalue weighted by Gasteiger charge is -2.07. The molecule has 2 saturated carbocycles. The summed E-state index contributed by atoms with van der Waals surface area (Å²) in [5.74, 6) is 3.82. The zero-order chi connectivity index (χ0) is 31.1. The number of H-pyrrole nitrogens is 1. The molecule has 2 N–H and O–H groups in total. The highest BCUT2D eigenvalue weighted by Crippen LogP contribution is 2.27. The van der Waals surface area contributed by atoms with Gasteiger partial charge in [0.2, 0.25) is 0 Å². The lowest BCUT2D eigenvalue weighted by molar-refractivity contribution is -0.116. The Labute approximate surface area is 267 Å². The van der Waals surface area contributed by atoms with Gasteiger partial charge < -0.3 is 5.32 Å². The van der Waals surface area contributed by atoms with Crippen molar-refractivity contribution in [3.8, 4) is 35.1 Å². The second-order valence-electron chi connectivity index (χ2n) is 10.6. The minimum Gasteiger partial charge on any atom is -0.343 e. The van der Waals surface area contributed by atoms with E-state index in [1.807, 2.05) is 54.5 Å². The number of aromatic amines is 1. The van der Waals surface area contributed by atoms with Crippen molar-refractivity contribution in [2.75, 3.05) is 0 Å². The van der Waals surface area contributed by atoms with Crippen molar-refractivity contribution >= 4 is 41.1 Å². The van der Waals surface area contributed by atoms with Crippen molar-refractivity contribution < 1.29 is 9.59 Å². The number of hydrogen-bond donors (Lipinski definition) is 2. The van der Waals surface area contributed by atoms with Gasteiger partial charge >= 0.3 is 0 Å². The van der Waals surface area contributed by atoms with Gasteiger partial charge in [-0.15, -0.1) is 11.5 Å². The molecule has 44 heavy (non-hydrogen) atoms. The molecule has 2 aromatic carbocycles. The Morgan fingerprint density at radius 3 is 2.27 bits per heavy atom. The monoisotopic (exact) mass is 631 g/mol. The summed E-state index contributed by atoms with van der Waals surface area (Å²) < 4.78 is 1.56. The van der Waals surface area contributed by atoms with Crippen LogP contribution in [0.25, 0.3) is 29.0 Å². The molecule has 2 heterocycles. The molecule has 0 saturated heterocycles. The van der Waals surface area contributed by atoms with Crippen LogP contribution in [-0.2, 0) is 9.59 Å². The molecular formula is C33H35Cl2N7O2. The number of rotatable bonds is 7. The first kappa shape index (κ1) is 32.6. The van der Waals surface area contributed by atoms with Gasteiger partial charge in [0.25, 0.3) is 5.91 Å². The number of allylic oxidation sites excluding steroid dienone is 1. The fraction of sp³-hybridized carbons (Fsp3) is 0.333. The second-order valence-corrected chi connectivity index (χ2v) is 11.5. The fourth-order valence-corrected chi connectivity index (χ4v) is 5.49. The van der Waals surface area contributed by atoms with Gasteiger partial charge in [0.15, 0.2) is 17.4 Å². The Balaban J connectivity index is 0.000000168. The first-order valence-electron chi connectivity index (χ1n) is 14.7. The van der Waals surface area contributed by atoms with Gasteiger partial charge in [-0.25, -0.2) is 14.6 Å². The summed E-state index contributed by atoms with van der Waals surface area (Å²) in [5.41, 5.74) is 1.80. The minimum absolute atomic E-state index is 0.159. The molecule has 9 nitrogen and oxygen atoms in total. The fourth-order valence-electron chi connectivity index (χ4n) is 5.11. The number of terminal acetylenes is 1. The molecule has 228 valence electrons. The van der Waals surface area contributed by atoms with Crippen LogP contribution < -0.4 is 5.32 Å². The molecule has 2 fully saturated rings. The SMILES string of the molecule is C#CC(=O)NC1CCCC1.Clc1cccc(-c2ncn[nH]2)c1.O=C(/C=C\n1cnc(-c2cccc(Cl)c2)n1)CC1CCCC1. The molecule has 0 spiro atoms. The van der Waals surface area contributed by atoms with Gasteiger partial charge in [-0.2, -0.15) is 5.10 Å². The number of aromatic nitrogens is 6. The summed E-state index contributed by atoms with van der Waals surface area (Å²) in [5, 5.41) is 14.9. The van der Waals surface area contributed by atoms with Gasteiger partial charge in [-0.1, -0.05) is 86.0 Å². The number of halogens is 2. The summed E-state index contributed by atoms with van der Waals surface area (Å²) in [6.45, 7) is 0. The van der Waals surface area contributed by atoms with Crippen molar-refractivity contribution in [1.29, 1.82) is 0 Å². The van der Waals surface area contributed by atoms with E-state index in [1.54, 1.807) is 23.3 Å². The Kier molecular flexibility index (Phi) is 12.7. The van der Waals surface area contributed by atoms with Crippen LogP contribution in [0.3, 0.4) is 0 Å². The summed E-state index contributed by atoms with van der Waals surface area (Å²) in [7, 11) is 0. The second kappa shape index (κ2) is 17.1. The molecule has 1 amide bonds. The minimum atomic E-state index is -0.271. The Morgan fingerprint density at radius 1 is 0.977 bits per heavy atom. The number of nitrogens with zero attached hydrogens (tertiary/aromatic N) is 5. The van der Waals surface area contributed by atoms with E-state index in [4.69, 9.17) is 29.6 Å². The largest absolute Gasteiger partial charge is 0.343 e. The molecule has 0 bridgehead atoms. The maximum atomic E-state index is 11.9. The molecule has 4 aromatic rings. The van der Waals surface area contributed by atoms with Crippen LogP contribution in [0.4, 0.5) is 0 Å². The molecule has 0 radical (unpaired) electrons. The van der Waals surface area contributed by atoms with E-state index in [0.29, 0.717) is 34.3 Å². The first-order chi connectivity index (χ1) is 21.4. The van der Waals surface area contributed by atoms with Gasteiger partial charge in [0, 0.05) is 39.8 Å². The van der Waals surface area contributed by atoms with E-state index >= 15 is 0 Å². The van der Waals surface area contributed by atoms with Crippen LogP contribution in [0.15, 0.2) is 67.3 Å². The third-order valence-electron chi connectivity index (χ3n) is 7.30. The molecule has 0 unspecified atom stereocenters. The van der Waals surface area contributed by atoms with Crippen molar-refractivity contribution in [3.63, 3.8) is 0 Å². The number of benzene rings is 2. The maximum Gasteiger partial charge on any atom is 0.295 e. The third-order valence-corrected chi connectivity index (χ3v) is 7.77. The van der Waals surface area contributed by atoms with Crippen molar-refractivity contribution in [3.05, 3.63) is 77.3 Å². The average molecular weight is 633 g/mol. The Bertz CT molecular complexity index is 1560. The predicted octanol–water partition coefficient (Wildman–Crippen LogP) is 7.02. The lowest BCUT2D eigenvalue weighted by Crippen LogP contribution is -2.31. The number of nitrogens with one attached hydrogen (secondary N) is 2. The standard InChI is InChI=1S/C17H18ClN3O.C8H6ClN3.C8H11NO/c18-15-7-3-6-14(11-15)17-19-12-21(20-17)9-8-16(22)10-13-4-1-2-5-13;9-7-3-1-2-6(4-7)8-10-5-11-12-8;1-2-8(10)9-7-5-3-4-6-7/h3,6-9,11-13H,1-2,4-5,10H2;1-5H,(H,10,11,12);1,7H,3-6H2,(H,9,10)/b9-8-;;. The van der Waals surface area contributed by atoms with Gasteiger partial charge in [0.1, 0.15) is 12.7 Å². The molecule has 0 atom stereocenters. The number of hydrogen-bond acceptors (Lipinski definition) is 6. The zero-order valence-corrected chi connectivity index (χ0v) is 25.8. The Hall–Kier alpha value is -4.26. The normalized spacial score (nSPS) is 14.8. The zero-order valence-electron chi connectivity index (χ0n) is 24.3. The van der Waals surface area contributed by atoms with Gasteiger partial charge in [-0.05, 0) is 55.0 Å². The molecule has 11 heteroatoms. The predicted molar refractivity (Wildman–Crippen MR) is 173 cm³/mol. The number of ketones is 1.